The standard InChI is InChI=1S/C25H26N4O3S/c1-4-33-18-7-5-16(6-8-18)13-22(30)29-21-10-9-19-20(28-21)11-12-25(2,23(19)31)24-26-14-17(32-3)15-27-24/h5-10,14-15H,4,11-13H2,1-3H3,(H,28,29,30). The molecule has 170 valence electrons. The van der Waals surface area contributed by atoms with E-state index >= 15 is 0 Å². The maximum Gasteiger partial charge on any atom is 0.229 e. The summed E-state index contributed by atoms with van der Waals surface area (Å²) in [6, 6.07) is 11.4. The van der Waals surface area contributed by atoms with Gasteiger partial charge in [-0.05, 0) is 55.3 Å². The molecule has 0 fully saturated rings. The van der Waals surface area contributed by atoms with Crippen LogP contribution in [-0.2, 0) is 23.1 Å². The van der Waals surface area contributed by atoms with E-state index < -0.39 is 5.41 Å². The van der Waals surface area contributed by atoms with Gasteiger partial charge in [0.05, 0.1) is 37.0 Å². The van der Waals surface area contributed by atoms with Crippen molar-refractivity contribution in [1.29, 1.82) is 0 Å². The van der Waals surface area contributed by atoms with Crippen molar-refractivity contribution >= 4 is 29.3 Å². The van der Waals surface area contributed by atoms with Crippen LogP contribution < -0.4 is 10.1 Å². The minimum Gasteiger partial charge on any atom is -0.494 e. The van der Waals surface area contributed by atoms with Crippen molar-refractivity contribution in [2.75, 3.05) is 18.2 Å². The second kappa shape index (κ2) is 9.70. The summed E-state index contributed by atoms with van der Waals surface area (Å²) in [5.41, 5.74) is 1.35. The van der Waals surface area contributed by atoms with E-state index in [1.807, 2.05) is 31.2 Å². The van der Waals surface area contributed by atoms with Crippen LogP contribution in [-0.4, -0.2) is 39.5 Å². The number of aryl methyl sites for hydroxylation is 1. The Balaban J connectivity index is 1.45. The molecule has 1 aliphatic rings. The topological polar surface area (TPSA) is 94.1 Å². The number of nitrogens with zero attached hydrogens (tertiary/aromatic N) is 3. The van der Waals surface area contributed by atoms with Gasteiger partial charge in [0.25, 0.3) is 0 Å². The van der Waals surface area contributed by atoms with Crippen LogP contribution in [0.4, 0.5) is 5.82 Å². The van der Waals surface area contributed by atoms with Crippen molar-refractivity contribution in [1.82, 2.24) is 15.0 Å². The number of thioether (sulfide) groups is 1. The molecule has 2 heterocycles. The molecule has 1 amide bonds. The molecule has 33 heavy (non-hydrogen) atoms. The van der Waals surface area contributed by atoms with E-state index in [1.165, 1.54) is 4.90 Å². The molecule has 1 N–H and O–H groups in total. The van der Waals surface area contributed by atoms with Gasteiger partial charge in [-0.3, -0.25) is 9.59 Å². The van der Waals surface area contributed by atoms with Crippen LogP contribution in [0.3, 0.4) is 0 Å². The number of benzene rings is 1. The van der Waals surface area contributed by atoms with Crippen LogP contribution in [0.2, 0.25) is 0 Å². The zero-order valence-corrected chi connectivity index (χ0v) is 19.7. The van der Waals surface area contributed by atoms with Crippen LogP contribution in [0.1, 0.15) is 47.7 Å². The number of fused-ring (bicyclic) bond motifs is 1. The number of carbonyl (C=O) groups is 2. The van der Waals surface area contributed by atoms with Gasteiger partial charge in [-0.25, -0.2) is 15.0 Å². The first-order valence-corrected chi connectivity index (χ1v) is 11.8. The normalized spacial score (nSPS) is 17.4. The summed E-state index contributed by atoms with van der Waals surface area (Å²) in [5, 5.41) is 2.86. The third-order valence-electron chi connectivity index (χ3n) is 5.81. The number of carbonyl (C=O) groups excluding carboxylic acids is 2. The second-order valence-corrected chi connectivity index (χ2v) is 9.44. The predicted molar refractivity (Wildman–Crippen MR) is 128 cm³/mol. The maximum absolute atomic E-state index is 13.3. The van der Waals surface area contributed by atoms with E-state index in [1.54, 1.807) is 43.4 Å². The van der Waals surface area contributed by atoms with Crippen molar-refractivity contribution in [3.63, 3.8) is 0 Å². The number of hydrogen-bond acceptors (Lipinski definition) is 7. The van der Waals surface area contributed by atoms with Crippen LogP contribution in [0, 0.1) is 0 Å². The molecular weight excluding hydrogens is 436 g/mol. The van der Waals surface area contributed by atoms with Crippen molar-refractivity contribution in [2.45, 2.75) is 43.4 Å². The minimum absolute atomic E-state index is 0.0654. The SMILES string of the molecule is CCSc1ccc(CC(=O)Nc2ccc3c(n2)CCC(C)(c2ncc(OC)cn2)C3=O)cc1. The fraction of sp³-hybridized carbons (Fsp3) is 0.320. The van der Waals surface area contributed by atoms with Gasteiger partial charge >= 0.3 is 0 Å². The smallest absolute Gasteiger partial charge is 0.229 e. The van der Waals surface area contributed by atoms with Crippen LogP contribution in [0.5, 0.6) is 5.75 Å². The molecule has 1 unspecified atom stereocenters. The Bertz CT molecular complexity index is 1170. The van der Waals surface area contributed by atoms with E-state index in [9.17, 15) is 9.59 Å². The Hall–Kier alpha value is -3.26. The molecule has 1 atom stereocenters. The monoisotopic (exact) mass is 462 g/mol. The number of Topliss-reactive ketones (excluding diaryl/α,β-unsaturated/α-hetero) is 1. The number of hydrogen-bond donors (Lipinski definition) is 1. The number of rotatable bonds is 7. The number of anilines is 1. The van der Waals surface area contributed by atoms with Gasteiger partial charge in [0.2, 0.25) is 5.91 Å². The molecule has 1 aromatic carbocycles. The molecule has 7 nitrogen and oxygen atoms in total. The highest BCUT2D eigenvalue weighted by Crippen LogP contribution is 2.36. The zero-order valence-electron chi connectivity index (χ0n) is 18.9. The Labute approximate surface area is 197 Å². The molecule has 0 saturated carbocycles. The Morgan fingerprint density at radius 2 is 1.88 bits per heavy atom. The maximum atomic E-state index is 13.3. The average molecular weight is 463 g/mol. The number of ether oxygens (including phenoxy) is 1. The Morgan fingerprint density at radius 3 is 2.55 bits per heavy atom. The van der Waals surface area contributed by atoms with E-state index in [0.717, 1.165) is 11.3 Å². The van der Waals surface area contributed by atoms with Gasteiger partial charge in [0, 0.05) is 10.5 Å². The molecule has 8 heteroatoms. The highest BCUT2D eigenvalue weighted by molar-refractivity contribution is 7.99. The Kier molecular flexibility index (Phi) is 6.74. The quantitative estimate of drug-likeness (QED) is 0.524. The molecule has 1 aliphatic carbocycles. The summed E-state index contributed by atoms with van der Waals surface area (Å²) in [5.74, 6) is 2.28. The minimum atomic E-state index is -0.825. The van der Waals surface area contributed by atoms with Crippen molar-refractivity contribution < 1.29 is 14.3 Å². The van der Waals surface area contributed by atoms with Gasteiger partial charge in [-0.1, -0.05) is 19.1 Å². The van der Waals surface area contributed by atoms with Crippen molar-refractivity contribution in [3.8, 4) is 5.75 Å². The number of ketones is 1. The lowest BCUT2D eigenvalue weighted by Gasteiger charge is -2.31. The lowest BCUT2D eigenvalue weighted by Crippen LogP contribution is -2.39. The summed E-state index contributed by atoms with van der Waals surface area (Å²) < 4.78 is 5.11. The lowest BCUT2D eigenvalue weighted by atomic mass is 9.72. The molecule has 0 bridgehead atoms. The summed E-state index contributed by atoms with van der Waals surface area (Å²) in [4.78, 5) is 40.3. The number of aromatic nitrogens is 3. The molecular formula is C25H26N4O3S. The third kappa shape index (κ3) is 4.90. The average Bonchev–Trinajstić information content (AvgIpc) is 2.83. The van der Waals surface area contributed by atoms with Crippen molar-refractivity contribution in [2.24, 2.45) is 0 Å². The van der Waals surface area contributed by atoms with E-state index in [0.29, 0.717) is 41.5 Å². The van der Waals surface area contributed by atoms with Crippen molar-refractivity contribution in [3.05, 3.63) is 71.4 Å². The second-order valence-electron chi connectivity index (χ2n) is 8.10. The number of amides is 1. The molecule has 0 aliphatic heterocycles. The van der Waals surface area contributed by atoms with Gasteiger partial charge in [0.1, 0.15) is 11.6 Å². The van der Waals surface area contributed by atoms with E-state index in [-0.39, 0.29) is 18.1 Å². The number of pyridine rings is 1. The van der Waals surface area contributed by atoms with Crippen LogP contribution >= 0.6 is 11.8 Å². The lowest BCUT2D eigenvalue weighted by molar-refractivity contribution is -0.115. The summed E-state index contributed by atoms with van der Waals surface area (Å²) >= 11 is 1.77. The fourth-order valence-electron chi connectivity index (χ4n) is 3.91. The Morgan fingerprint density at radius 1 is 1.15 bits per heavy atom. The predicted octanol–water partition coefficient (Wildman–Crippen LogP) is 4.26. The van der Waals surface area contributed by atoms with Crippen LogP contribution in [0.15, 0.2) is 53.7 Å². The fourth-order valence-corrected chi connectivity index (χ4v) is 4.57. The van der Waals surface area contributed by atoms with Gasteiger partial charge in [-0.2, -0.15) is 0 Å². The zero-order chi connectivity index (χ0) is 23.4. The number of methoxy groups -OCH3 is 1. The largest absolute Gasteiger partial charge is 0.494 e. The highest BCUT2D eigenvalue weighted by atomic mass is 32.2. The summed E-state index contributed by atoms with van der Waals surface area (Å²) in [7, 11) is 1.55. The summed E-state index contributed by atoms with van der Waals surface area (Å²) in [6.07, 6.45) is 4.54. The third-order valence-corrected chi connectivity index (χ3v) is 6.70. The first-order valence-electron chi connectivity index (χ1n) is 10.9. The van der Waals surface area contributed by atoms with Gasteiger partial charge in [0.15, 0.2) is 11.5 Å². The first-order chi connectivity index (χ1) is 15.9. The summed E-state index contributed by atoms with van der Waals surface area (Å²) in [6.45, 7) is 3.97. The van der Waals surface area contributed by atoms with Crippen LogP contribution in [0.25, 0.3) is 0 Å². The highest BCUT2D eigenvalue weighted by Gasteiger charge is 2.42. The molecule has 3 aromatic rings. The van der Waals surface area contributed by atoms with Gasteiger partial charge < -0.3 is 10.1 Å². The first kappa shape index (κ1) is 22.9. The molecule has 0 spiro atoms. The molecule has 4 rings (SSSR count). The van der Waals surface area contributed by atoms with Gasteiger partial charge in [-0.15, -0.1) is 11.8 Å². The molecule has 0 radical (unpaired) electrons. The van der Waals surface area contributed by atoms with E-state index in [2.05, 4.69) is 27.2 Å². The molecule has 2 aromatic heterocycles. The molecule has 0 saturated heterocycles. The number of nitrogens with one attached hydrogen (secondary N) is 1. The van der Waals surface area contributed by atoms with E-state index in [4.69, 9.17) is 4.74 Å².